The van der Waals surface area contributed by atoms with Crippen LogP contribution in [0.5, 0.6) is 0 Å². The lowest BCUT2D eigenvalue weighted by Gasteiger charge is -2.20. The van der Waals surface area contributed by atoms with Crippen LogP contribution in [0.3, 0.4) is 0 Å². The molecular weight excluding hydrogens is 442 g/mol. The van der Waals surface area contributed by atoms with Crippen molar-refractivity contribution in [1.29, 1.82) is 0 Å². The van der Waals surface area contributed by atoms with Crippen LogP contribution in [0.1, 0.15) is 48.9 Å². The van der Waals surface area contributed by atoms with Crippen LogP contribution in [-0.4, -0.2) is 20.9 Å². The Morgan fingerprint density at radius 3 is 2.62 bits per heavy atom. The van der Waals surface area contributed by atoms with Crippen molar-refractivity contribution < 1.29 is 4.79 Å². The lowest BCUT2D eigenvalue weighted by molar-refractivity contribution is 0.102. The predicted octanol–water partition coefficient (Wildman–Crippen LogP) is 6.48. The summed E-state index contributed by atoms with van der Waals surface area (Å²) in [6.07, 6.45) is 9.95. The second-order valence-electron chi connectivity index (χ2n) is 8.97. The van der Waals surface area contributed by atoms with Crippen LogP contribution in [0.2, 0.25) is 0 Å². The van der Waals surface area contributed by atoms with Gasteiger partial charge in [0.15, 0.2) is 0 Å². The molecule has 1 aliphatic carbocycles. The Bertz CT molecular complexity index is 1240. The van der Waals surface area contributed by atoms with Crippen molar-refractivity contribution >= 4 is 28.6 Å². The van der Waals surface area contributed by atoms with Crippen LogP contribution >= 0.6 is 11.3 Å². The zero-order chi connectivity index (χ0) is 23.3. The number of hydrogen-bond acceptors (Lipinski definition) is 5. The van der Waals surface area contributed by atoms with E-state index in [-0.39, 0.29) is 5.91 Å². The van der Waals surface area contributed by atoms with Crippen molar-refractivity contribution in [2.75, 3.05) is 11.1 Å². The fraction of sp³-hybridized carbons (Fsp3) is 0.296. The molecule has 5 rings (SSSR count). The molecule has 2 heterocycles. The Morgan fingerprint density at radius 2 is 1.85 bits per heavy atom. The van der Waals surface area contributed by atoms with Gasteiger partial charge in [-0.25, -0.2) is 0 Å². The highest BCUT2D eigenvalue weighted by Gasteiger charge is 2.14. The second-order valence-corrected chi connectivity index (χ2v) is 9.92. The molecule has 0 atom stereocenters. The quantitative estimate of drug-likeness (QED) is 0.302. The van der Waals surface area contributed by atoms with Crippen LogP contribution in [0, 0.1) is 5.92 Å². The molecule has 0 bridgehead atoms. The van der Waals surface area contributed by atoms with Crippen LogP contribution in [0.15, 0.2) is 66.2 Å². The van der Waals surface area contributed by atoms with Gasteiger partial charge in [0.25, 0.3) is 5.91 Å². The standard InChI is InChI=1S/C27H29N5OS/c28-23-13-12-22(26-7-4-16-34-26)17-24(23)29-27(33)21-10-8-20(9-11-21)25-18-32(31-30-25)15-14-19-5-2-1-3-6-19/h4,7-13,16-19H,1-3,5-6,14-15,28H2,(H,29,33). The van der Waals surface area contributed by atoms with Crippen molar-refractivity contribution in [2.24, 2.45) is 5.92 Å². The topological polar surface area (TPSA) is 85.8 Å². The molecule has 6 nitrogen and oxygen atoms in total. The second kappa shape index (κ2) is 10.2. The first-order valence-electron chi connectivity index (χ1n) is 11.9. The smallest absolute Gasteiger partial charge is 0.255 e. The van der Waals surface area contributed by atoms with Crippen molar-refractivity contribution in [1.82, 2.24) is 15.0 Å². The van der Waals surface area contributed by atoms with Crippen molar-refractivity contribution in [3.05, 3.63) is 71.7 Å². The first-order chi connectivity index (χ1) is 16.7. The number of nitrogens with zero attached hydrogens (tertiary/aromatic N) is 3. The molecule has 174 valence electrons. The van der Waals surface area contributed by atoms with Crippen LogP contribution < -0.4 is 11.1 Å². The molecule has 1 fully saturated rings. The normalized spacial score (nSPS) is 14.2. The molecule has 1 aliphatic rings. The number of hydrogen-bond donors (Lipinski definition) is 2. The molecule has 0 spiro atoms. The maximum absolute atomic E-state index is 12.9. The number of aromatic nitrogens is 3. The molecule has 2 aromatic heterocycles. The largest absolute Gasteiger partial charge is 0.397 e. The molecule has 1 saturated carbocycles. The summed E-state index contributed by atoms with van der Waals surface area (Å²) in [6, 6.07) is 17.2. The molecule has 2 aromatic carbocycles. The van der Waals surface area contributed by atoms with Gasteiger partial charge in [-0.3, -0.25) is 9.48 Å². The van der Waals surface area contributed by atoms with E-state index in [4.69, 9.17) is 5.73 Å². The van der Waals surface area contributed by atoms with E-state index >= 15 is 0 Å². The van der Waals surface area contributed by atoms with Gasteiger partial charge in [-0.15, -0.1) is 16.4 Å². The van der Waals surface area contributed by atoms with E-state index in [1.54, 1.807) is 11.3 Å². The highest BCUT2D eigenvalue weighted by Crippen LogP contribution is 2.31. The predicted molar refractivity (Wildman–Crippen MR) is 139 cm³/mol. The van der Waals surface area contributed by atoms with Gasteiger partial charge in [0.1, 0.15) is 5.69 Å². The highest BCUT2D eigenvalue weighted by atomic mass is 32.1. The Balaban J connectivity index is 1.23. The summed E-state index contributed by atoms with van der Waals surface area (Å²) in [5.74, 6) is 0.622. The van der Waals surface area contributed by atoms with E-state index in [0.29, 0.717) is 16.9 Å². The lowest BCUT2D eigenvalue weighted by Crippen LogP contribution is -2.13. The number of carbonyl (C=O) groups is 1. The maximum atomic E-state index is 12.9. The van der Waals surface area contributed by atoms with E-state index in [1.165, 1.54) is 38.5 Å². The number of carbonyl (C=O) groups excluding carboxylic acids is 1. The third-order valence-electron chi connectivity index (χ3n) is 6.58. The fourth-order valence-electron chi connectivity index (χ4n) is 4.58. The minimum absolute atomic E-state index is 0.197. The summed E-state index contributed by atoms with van der Waals surface area (Å²) in [4.78, 5) is 14.0. The number of rotatable bonds is 7. The van der Waals surface area contributed by atoms with E-state index < -0.39 is 0 Å². The summed E-state index contributed by atoms with van der Waals surface area (Å²) in [5, 5.41) is 13.6. The van der Waals surface area contributed by atoms with Crippen molar-refractivity contribution in [3.63, 3.8) is 0 Å². The van der Waals surface area contributed by atoms with Crippen molar-refractivity contribution in [2.45, 2.75) is 45.1 Å². The van der Waals surface area contributed by atoms with Gasteiger partial charge < -0.3 is 11.1 Å². The minimum atomic E-state index is -0.197. The number of nitrogens with two attached hydrogens (primary N) is 1. The average molecular weight is 472 g/mol. The van der Waals surface area contributed by atoms with Gasteiger partial charge in [-0.05, 0) is 53.6 Å². The lowest BCUT2D eigenvalue weighted by atomic mass is 9.87. The third-order valence-corrected chi connectivity index (χ3v) is 7.50. The molecule has 4 aromatic rings. The molecule has 0 aliphatic heterocycles. The van der Waals surface area contributed by atoms with E-state index in [9.17, 15) is 4.79 Å². The first-order valence-corrected chi connectivity index (χ1v) is 12.8. The summed E-state index contributed by atoms with van der Waals surface area (Å²) in [5.41, 5.74) is 10.6. The Morgan fingerprint density at radius 1 is 1.06 bits per heavy atom. The van der Waals surface area contributed by atoms with E-state index in [2.05, 4.69) is 15.6 Å². The Kier molecular flexibility index (Phi) is 6.72. The third kappa shape index (κ3) is 5.20. The van der Waals surface area contributed by atoms with Gasteiger partial charge in [0.2, 0.25) is 0 Å². The molecule has 7 heteroatoms. The molecular formula is C27H29N5OS. The summed E-state index contributed by atoms with van der Waals surface area (Å²) in [6.45, 7) is 0.907. The number of aryl methyl sites for hydroxylation is 1. The molecule has 0 unspecified atom stereocenters. The monoisotopic (exact) mass is 471 g/mol. The number of nitrogens with one attached hydrogen (secondary N) is 1. The van der Waals surface area contributed by atoms with Crippen LogP contribution in [0.4, 0.5) is 11.4 Å². The van der Waals surface area contributed by atoms with Crippen LogP contribution in [0.25, 0.3) is 21.7 Å². The number of anilines is 2. The zero-order valence-corrected chi connectivity index (χ0v) is 19.9. The summed E-state index contributed by atoms with van der Waals surface area (Å²) >= 11 is 1.65. The number of nitrogen functional groups attached to an aromatic ring is 1. The van der Waals surface area contributed by atoms with Crippen molar-refractivity contribution in [3.8, 4) is 21.7 Å². The Labute approximate surface area is 203 Å². The number of thiophene rings is 1. The average Bonchev–Trinajstić information content (AvgIpc) is 3.58. The molecule has 34 heavy (non-hydrogen) atoms. The first kappa shape index (κ1) is 22.3. The van der Waals surface area contributed by atoms with E-state index in [1.807, 2.05) is 70.9 Å². The fourth-order valence-corrected chi connectivity index (χ4v) is 5.30. The zero-order valence-electron chi connectivity index (χ0n) is 19.1. The van der Waals surface area contributed by atoms with Crippen LogP contribution in [-0.2, 0) is 6.54 Å². The van der Waals surface area contributed by atoms with E-state index in [0.717, 1.165) is 34.2 Å². The molecule has 0 radical (unpaired) electrons. The maximum Gasteiger partial charge on any atom is 0.255 e. The summed E-state index contributed by atoms with van der Waals surface area (Å²) in [7, 11) is 0. The van der Waals surface area contributed by atoms with Gasteiger partial charge in [0.05, 0.1) is 17.6 Å². The molecule has 0 saturated heterocycles. The molecule has 3 N–H and O–H groups in total. The molecule has 1 amide bonds. The summed E-state index contributed by atoms with van der Waals surface area (Å²) < 4.78 is 1.94. The van der Waals surface area contributed by atoms with Gasteiger partial charge >= 0.3 is 0 Å². The SMILES string of the molecule is Nc1ccc(-c2cccs2)cc1NC(=O)c1ccc(-c2cn(CCC3CCCCC3)nn2)cc1. The highest BCUT2D eigenvalue weighted by molar-refractivity contribution is 7.13. The van der Waals surface area contributed by atoms with Gasteiger partial charge in [0, 0.05) is 22.5 Å². The minimum Gasteiger partial charge on any atom is -0.397 e. The number of amides is 1. The van der Waals surface area contributed by atoms with Gasteiger partial charge in [-0.1, -0.05) is 61.6 Å². The Hall–Kier alpha value is -3.45. The van der Waals surface area contributed by atoms with Gasteiger partial charge in [-0.2, -0.15) is 0 Å². The number of benzene rings is 2.